The number of rotatable bonds is 3. The van der Waals surface area contributed by atoms with Gasteiger partial charge in [-0.25, -0.2) is 4.98 Å². The molecular formula is C32H37N5O4. The highest BCUT2D eigenvalue weighted by Crippen LogP contribution is 2.60. The number of aryl methyl sites for hydroxylation is 1. The minimum absolute atomic E-state index is 0.0851. The van der Waals surface area contributed by atoms with Gasteiger partial charge in [-0.2, -0.15) is 0 Å². The number of amides is 3. The average Bonchev–Trinajstić information content (AvgIpc) is 2.93. The normalized spacial score (nSPS) is 31.2. The van der Waals surface area contributed by atoms with Gasteiger partial charge in [-0.1, -0.05) is 17.9 Å². The molecule has 9 nitrogen and oxygen atoms in total. The summed E-state index contributed by atoms with van der Waals surface area (Å²) in [5, 5.41) is 2.72. The SMILES string of the molecule is Cc1nc2cccc(C#CCN3CCN(C(=O)C45CC6CC(CC(C6)C4)C5)CC3)c2c(=O)n1C1CCC(=O)NC1=O. The number of benzene rings is 1. The van der Waals surface area contributed by atoms with Gasteiger partial charge in [0.15, 0.2) is 0 Å². The van der Waals surface area contributed by atoms with Crippen LogP contribution in [0.1, 0.15) is 68.8 Å². The molecule has 2 aliphatic heterocycles. The zero-order valence-corrected chi connectivity index (χ0v) is 23.7. The van der Waals surface area contributed by atoms with E-state index in [1.54, 1.807) is 13.0 Å². The van der Waals surface area contributed by atoms with Crippen LogP contribution in [0, 0.1) is 41.9 Å². The summed E-state index contributed by atoms with van der Waals surface area (Å²) in [6, 6.07) is 4.66. The van der Waals surface area contributed by atoms with Gasteiger partial charge in [0, 0.05) is 38.2 Å². The summed E-state index contributed by atoms with van der Waals surface area (Å²) in [6.45, 7) is 5.34. The standard InChI is InChI=1S/C32H37N5O4/c1-20-33-25-6-2-4-24(28(25)30(40)37(20)26-7-8-27(38)34-29(26)39)5-3-9-35-10-12-36(13-11-35)31(41)32-17-21-14-22(18-32)16-23(15-21)19-32/h2,4,6,21-23,26H,7-19H2,1H3,(H,34,38,39). The number of piperidine rings is 1. The summed E-state index contributed by atoms with van der Waals surface area (Å²) in [5.41, 5.74) is 0.720. The Morgan fingerprint density at radius 2 is 1.71 bits per heavy atom. The second-order valence-corrected chi connectivity index (χ2v) is 13.1. The molecule has 1 N–H and O–H groups in total. The Morgan fingerprint density at radius 3 is 2.37 bits per heavy atom. The van der Waals surface area contributed by atoms with Gasteiger partial charge in [-0.3, -0.25) is 34.0 Å². The van der Waals surface area contributed by atoms with Crippen molar-refractivity contribution in [2.75, 3.05) is 32.7 Å². The van der Waals surface area contributed by atoms with Crippen molar-refractivity contribution < 1.29 is 14.4 Å². The van der Waals surface area contributed by atoms with Crippen LogP contribution in [0.5, 0.6) is 0 Å². The smallest absolute Gasteiger partial charge is 0.263 e. The number of hydrogen-bond acceptors (Lipinski definition) is 6. The van der Waals surface area contributed by atoms with Crippen molar-refractivity contribution in [3.05, 3.63) is 39.9 Å². The first-order chi connectivity index (χ1) is 19.8. The lowest BCUT2D eigenvalue weighted by molar-refractivity contribution is -0.159. The molecule has 8 rings (SSSR count). The van der Waals surface area contributed by atoms with E-state index in [1.807, 2.05) is 12.1 Å². The van der Waals surface area contributed by atoms with E-state index in [0.29, 0.717) is 34.7 Å². The number of fused-ring (bicyclic) bond motifs is 1. The zero-order chi connectivity index (χ0) is 28.3. The highest BCUT2D eigenvalue weighted by Gasteiger charge is 2.55. The van der Waals surface area contributed by atoms with Crippen molar-refractivity contribution in [1.29, 1.82) is 0 Å². The molecule has 214 valence electrons. The van der Waals surface area contributed by atoms with Gasteiger partial charge in [0.1, 0.15) is 11.9 Å². The van der Waals surface area contributed by atoms with Crippen LogP contribution in [-0.4, -0.2) is 69.8 Å². The van der Waals surface area contributed by atoms with E-state index in [2.05, 4.69) is 31.9 Å². The molecule has 2 aromatic rings. The van der Waals surface area contributed by atoms with Crippen molar-refractivity contribution >= 4 is 28.6 Å². The van der Waals surface area contributed by atoms with Crippen LogP contribution in [0.4, 0.5) is 0 Å². The molecule has 4 aliphatic carbocycles. The van der Waals surface area contributed by atoms with Crippen molar-refractivity contribution in [1.82, 2.24) is 24.7 Å². The predicted octanol–water partition coefficient (Wildman–Crippen LogP) is 2.39. The summed E-state index contributed by atoms with van der Waals surface area (Å²) in [7, 11) is 0. The van der Waals surface area contributed by atoms with Crippen molar-refractivity contribution in [2.24, 2.45) is 23.2 Å². The molecule has 1 atom stereocenters. The van der Waals surface area contributed by atoms with E-state index in [1.165, 1.54) is 23.8 Å². The minimum atomic E-state index is -0.768. The highest BCUT2D eigenvalue weighted by molar-refractivity contribution is 5.99. The fourth-order valence-corrected chi connectivity index (χ4v) is 8.82. The van der Waals surface area contributed by atoms with E-state index in [4.69, 9.17) is 0 Å². The summed E-state index contributed by atoms with van der Waals surface area (Å²) in [6.07, 6.45) is 7.80. The average molecular weight is 556 g/mol. The van der Waals surface area contributed by atoms with Gasteiger partial charge in [0.25, 0.3) is 5.56 Å². The molecule has 0 spiro atoms. The van der Waals surface area contributed by atoms with Gasteiger partial charge in [0.05, 0.1) is 22.9 Å². The maximum Gasteiger partial charge on any atom is 0.263 e. The number of hydrogen-bond donors (Lipinski definition) is 1. The first kappa shape index (κ1) is 26.4. The lowest BCUT2D eigenvalue weighted by Gasteiger charge is -2.57. The fourth-order valence-electron chi connectivity index (χ4n) is 8.82. The first-order valence-corrected chi connectivity index (χ1v) is 15.2. The maximum atomic E-state index is 13.7. The third kappa shape index (κ3) is 4.66. The number of aromatic nitrogens is 2. The number of nitrogens with one attached hydrogen (secondary N) is 1. The number of carbonyl (C=O) groups excluding carboxylic acids is 3. The molecule has 6 fully saturated rings. The monoisotopic (exact) mass is 555 g/mol. The van der Waals surface area contributed by atoms with Gasteiger partial charge in [0.2, 0.25) is 17.7 Å². The molecule has 2 saturated heterocycles. The second kappa shape index (κ2) is 10.1. The Hall–Kier alpha value is -3.51. The van der Waals surface area contributed by atoms with Gasteiger partial charge in [-0.15, -0.1) is 0 Å². The molecule has 4 saturated carbocycles. The number of nitrogens with zero attached hydrogens (tertiary/aromatic N) is 4. The molecule has 9 heteroatoms. The van der Waals surface area contributed by atoms with Crippen LogP contribution >= 0.6 is 0 Å². The van der Waals surface area contributed by atoms with E-state index in [-0.39, 0.29) is 29.7 Å². The molecule has 3 heterocycles. The quantitative estimate of drug-likeness (QED) is 0.461. The van der Waals surface area contributed by atoms with E-state index < -0.39 is 11.9 Å². The fraction of sp³-hybridized carbons (Fsp3) is 0.594. The zero-order valence-electron chi connectivity index (χ0n) is 23.7. The van der Waals surface area contributed by atoms with Gasteiger partial charge in [-0.05, 0) is 81.8 Å². The summed E-state index contributed by atoms with van der Waals surface area (Å²) in [5.74, 6) is 8.78. The summed E-state index contributed by atoms with van der Waals surface area (Å²) in [4.78, 5) is 60.5. The molecule has 0 radical (unpaired) electrons. The summed E-state index contributed by atoms with van der Waals surface area (Å²) < 4.78 is 1.40. The molecule has 41 heavy (non-hydrogen) atoms. The Labute approximate surface area is 239 Å². The molecule has 1 aromatic heterocycles. The van der Waals surface area contributed by atoms with Gasteiger partial charge >= 0.3 is 0 Å². The van der Waals surface area contributed by atoms with Crippen LogP contribution in [0.2, 0.25) is 0 Å². The molecular weight excluding hydrogens is 518 g/mol. The highest BCUT2D eigenvalue weighted by atomic mass is 16.2. The van der Waals surface area contributed by atoms with Crippen molar-refractivity contribution in [3.8, 4) is 11.8 Å². The van der Waals surface area contributed by atoms with E-state index in [0.717, 1.165) is 63.2 Å². The lowest BCUT2D eigenvalue weighted by atomic mass is 9.49. The third-order valence-corrected chi connectivity index (χ3v) is 10.3. The molecule has 6 aliphatic rings. The number of imide groups is 1. The molecule has 3 amide bonds. The van der Waals surface area contributed by atoms with Crippen molar-refractivity contribution in [3.63, 3.8) is 0 Å². The van der Waals surface area contributed by atoms with Crippen LogP contribution in [-0.2, 0) is 14.4 Å². The Balaban J connectivity index is 1.04. The van der Waals surface area contributed by atoms with Crippen LogP contribution in [0.25, 0.3) is 10.9 Å². The topological polar surface area (TPSA) is 105 Å². The Bertz CT molecular complexity index is 1520. The maximum absolute atomic E-state index is 13.7. The largest absolute Gasteiger partial charge is 0.340 e. The molecule has 1 aromatic carbocycles. The molecule has 4 bridgehead atoms. The Morgan fingerprint density at radius 1 is 1.02 bits per heavy atom. The Kier molecular flexibility index (Phi) is 6.50. The van der Waals surface area contributed by atoms with Crippen LogP contribution in [0.15, 0.2) is 23.0 Å². The van der Waals surface area contributed by atoms with E-state index >= 15 is 0 Å². The number of carbonyl (C=O) groups is 3. The minimum Gasteiger partial charge on any atom is -0.340 e. The van der Waals surface area contributed by atoms with Crippen LogP contribution < -0.4 is 10.9 Å². The number of piperazine rings is 1. The van der Waals surface area contributed by atoms with Crippen LogP contribution in [0.3, 0.4) is 0 Å². The molecule has 1 unspecified atom stereocenters. The first-order valence-electron chi connectivity index (χ1n) is 15.2. The van der Waals surface area contributed by atoms with E-state index in [9.17, 15) is 19.2 Å². The summed E-state index contributed by atoms with van der Waals surface area (Å²) >= 11 is 0. The second-order valence-electron chi connectivity index (χ2n) is 13.1. The lowest BCUT2D eigenvalue weighted by Crippen LogP contribution is -2.58. The third-order valence-electron chi connectivity index (χ3n) is 10.3. The van der Waals surface area contributed by atoms with Gasteiger partial charge < -0.3 is 4.90 Å². The van der Waals surface area contributed by atoms with Crippen molar-refractivity contribution in [2.45, 2.75) is 64.3 Å². The predicted molar refractivity (Wildman–Crippen MR) is 153 cm³/mol.